The number of hydrogen-bond acceptors (Lipinski definition) is 5. The monoisotopic (exact) mass is 363 g/mol. The summed E-state index contributed by atoms with van der Waals surface area (Å²) in [6, 6.07) is 4.12. The molecule has 0 saturated heterocycles. The number of nitro groups is 1. The predicted molar refractivity (Wildman–Crippen MR) is 97.3 cm³/mol. The summed E-state index contributed by atoms with van der Waals surface area (Å²) in [6.07, 6.45) is 2.66. The molecule has 0 bridgehead atoms. The first kappa shape index (κ1) is 19.7. The fourth-order valence-electron chi connectivity index (χ4n) is 2.84. The van der Waals surface area contributed by atoms with Gasteiger partial charge in [0.1, 0.15) is 12.3 Å². The molecule has 1 unspecified atom stereocenters. The molecule has 0 radical (unpaired) electrons. The quantitative estimate of drug-likeness (QED) is 0.523. The molecule has 2 rings (SSSR count). The molecule has 26 heavy (non-hydrogen) atoms. The number of unbranched alkanes of at least 4 members (excludes halogenated alkanes) is 1. The molecule has 8 heteroatoms. The van der Waals surface area contributed by atoms with Gasteiger partial charge in [0, 0.05) is 24.7 Å². The maximum Gasteiger partial charge on any atom is 0.271 e. The summed E-state index contributed by atoms with van der Waals surface area (Å²) in [4.78, 5) is 38.7. The molecule has 1 aromatic rings. The molecule has 1 aromatic carbocycles. The fourth-order valence-corrected chi connectivity index (χ4v) is 2.84. The molecule has 0 aromatic heterocycles. The number of nitro benzene ring substituents is 1. The van der Waals surface area contributed by atoms with E-state index >= 15 is 0 Å². The summed E-state index contributed by atoms with van der Waals surface area (Å²) in [5.41, 5.74) is 0.118. The number of amides is 2. The molecule has 0 spiro atoms. The number of non-ortho nitro benzene ring substituents is 1. The minimum Gasteiger partial charge on any atom is -0.482 e. The first-order valence-electron chi connectivity index (χ1n) is 8.90. The van der Waals surface area contributed by atoms with Crippen LogP contribution in [0, 0.1) is 10.1 Å². The van der Waals surface area contributed by atoms with E-state index in [1.165, 1.54) is 23.1 Å². The Kier molecular flexibility index (Phi) is 6.54. The van der Waals surface area contributed by atoms with Gasteiger partial charge in [-0.25, -0.2) is 0 Å². The average molecular weight is 363 g/mol. The fraction of sp³-hybridized carbons (Fsp3) is 0.556. The number of nitrogens with zero attached hydrogens (tertiary/aromatic N) is 3. The van der Waals surface area contributed by atoms with E-state index in [1.807, 2.05) is 13.8 Å². The van der Waals surface area contributed by atoms with Crippen molar-refractivity contribution in [2.45, 2.75) is 46.1 Å². The number of carbonyl (C=O) groups excluding carboxylic acids is 2. The molecule has 0 N–H and O–H groups in total. The van der Waals surface area contributed by atoms with E-state index in [0.29, 0.717) is 12.3 Å². The Morgan fingerprint density at radius 3 is 2.77 bits per heavy atom. The number of benzene rings is 1. The Balaban J connectivity index is 2.27. The zero-order valence-electron chi connectivity index (χ0n) is 15.4. The van der Waals surface area contributed by atoms with E-state index in [0.717, 1.165) is 19.3 Å². The molecular formula is C18H25N3O5. The maximum atomic E-state index is 12.8. The Bertz CT molecular complexity index is 691. The van der Waals surface area contributed by atoms with Crippen LogP contribution >= 0.6 is 0 Å². The van der Waals surface area contributed by atoms with Gasteiger partial charge in [0.25, 0.3) is 11.6 Å². The summed E-state index contributed by atoms with van der Waals surface area (Å²) < 4.78 is 5.34. The zero-order chi connectivity index (χ0) is 19.3. The number of fused-ring (bicyclic) bond motifs is 1. The van der Waals surface area contributed by atoms with E-state index in [1.54, 1.807) is 4.90 Å². The minimum absolute atomic E-state index is 0.0646. The van der Waals surface area contributed by atoms with Crippen molar-refractivity contribution in [3.8, 4) is 5.75 Å². The molecule has 1 heterocycles. The van der Waals surface area contributed by atoms with Crippen LogP contribution in [0.15, 0.2) is 18.2 Å². The molecule has 8 nitrogen and oxygen atoms in total. The van der Waals surface area contributed by atoms with Gasteiger partial charge in [-0.05, 0) is 25.8 Å². The van der Waals surface area contributed by atoms with Crippen molar-refractivity contribution >= 4 is 23.2 Å². The van der Waals surface area contributed by atoms with Crippen molar-refractivity contribution in [1.82, 2.24) is 4.90 Å². The van der Waals surface area contributed by atoms with Crippen LogP contribution < -0.4 is 9.64 Å². The molecule has 1 aliphatic rings. The number of rotatable bonds is 8. The van der Waals surface area contributed by atoms with E-state index < -0.39 is 4.92 Å². The smallest absolute Gasteiger partial charge is 0.271 e. The summed E-state index contributed by atoms with van der Waals surface area (Å²) in [6.45, 7) is 6.34. The third-order valence-corrected chi connectivity index (χ3v) is 4.59. The second-order valence-corrected chi connectivity index (χ2v) is 6.38. The van der Waals surface area contributed by atoms with Gasteiger partial charge in [-0.1, -0.05) is 20.3 Å². The number of carbonyl (C=O) groups is 2. The molecule has 0 saturated carbocycles. The van der Waals surface area contributed by atoms with Crippen LogP contribution in [0.25, 0.3) is 0 Å². The number of anilines is 1. The molecule has 1 aliphatic heterocycles. The summed E-state index contributed by atoms with van der Waals surface area (Å²) in [7, 11) is 0. The van der Waals surface area contributed by atoms with Gasteiger partial charge in [-0.15, -0.1) is 0 Å². The van der Waals surface area contributed by atoms with Crippen molar-refractivity contribution in [3.05, 3.63) is 28.3 Å². The molecule has 0 aliphatic carbocycles. The second kappa shape index (κ2) is 8.64. The molecule has 2 amide bonds. The topological polar surface area (TPSA) is 93.0 Å². The van der Waals surface area contributed by atoms with Gasteiger partial charge >= 0.3 is 0 Å². The van der Waals surface area contributed by atoms with Gasteiger partial charge in [-0.2, -0.15) is 0 Å². The molecule has 0 fully saturated rings. The normalized spacial score (nSPS) is 14.4. The van der Waals surface area contributed by atoms with Crippen LogP contribution in [0.5, 0.6) is 5.75 Å². The largest absolute Gasteiger partial charge is 0.482 e. The van der Waals surface area contributed by atoms with Crippen molar-refractivity contribution in [3.63, 3.8) is 0 Å². The highest BCUT2D eigenvalue weighted by Gasteiger charge is 2.31. The summed E-state index contributed by atoms with van der Waals surface area (Å²) in [5.74, 6) is -0.182. The van der Waals surface area contributed by atoms with Crippen LogP contribution in [0.3, 0.4) is 0 Å². The van der Waals surface area contributed by atoms with Crippen molar-refractivity contribution < 1.29 is 19.2 Å². The second-order valence-electron chi connectivity index (χ2n) is 6.38. The Morgan fingerprint density at radius 1 is 1.42 bits per heavy atom. The lowest BCUT2D eigenvalue weighted by Crippen LogP contribution is -2.49. The van der Waals surface area contributed by atoms with Crippen LogP contribution in [-0.4, -0.2) is 47.4 Å². The van der Waals surface area contributed by atoms with E-state index in [-0.39, 0.29) is 42.4 Å². The van der Waals surface area contributed by atoms with Gasteiger partial charge in [0.15, 0.2) is 6.61 Å². The average Bonchev–Trinajstić information content (AvgIpc) is 2.63. The Morgan fingerprint density at radius 2 is 2.15 bits per heavy atom. The highest BCUT2D eigenvalue weighted by atomic mass is 16.6. The third-order valence-electron chi connectivity index (χ3n) is 4.59. The van der Waals surface area contributed by atoms with E-state index in [2.05, 4.69) is 6.92 Å². The molecular weight excluding hydrogens is 338 g/mol. The first-order chi connectivity index (χ1) is 12.4. The maximum absolute atomic E-state index is 12.8. The van der Waals surface area contributed by atoms with Crippen molar-refractivity contribution in [1.29, 1.82) is 0 Å². The van der Waals surface area contributed by atoms with Gasteiger partial charge in [-0.3, -0.25) is 24.6 Å². The van der Waals surface area contributed by atoms with Gasteiger partial charge < -0.3 is 9.64 Å². The van der Waals surface area contributed by atoms with Crippen LogP contribution in [-0.2, 0) is 9.59 Å². The van der Waals surface area contributed by atoms with Gasteiger partial charge in [0.05, 0.1) is 10.6 Å². The van der Waals surface area contributed by atoms with Crippen LogP contribution in [0.1, 0.15) is 40.0 Å². The highest BCUT2D eigenvalue weighted by molar-refractivity contribution is 6.02. The lowest BCUT2D eigenvalue weighted by atomic mass is 10.1. The number of hydrogen-bond donors (Lipinski definition) is 0. The van der Waals surface area contributed by atoms with E-state index in [9.17, 15) is 19.7 Å². The SMILES string of the molecule is CCCCN(C(=O)CN1C(=O)COc2ccc([N+](=O)[O-])cc21)C(C)CC. The van der Waals surface area contributed by atoms with Crippen LogP contribution in [0.4, 0.5) is 11.4 Å². The number of ether oxygens (including phenoxy) is 1. The molecule has 142 valence electrons. The molecule has 1 atom stereocenters. The lowest BCUT2D eigenvalue weighted by molar-refractivity contribution is -0.384. The Hall–Kier alpha value is -2.64. The lowest BCUT2D eigenvalue weighted by Gasteiger charge is -2.33. The van der Waals surface area contributed by atoms with Crippen LogP contribution in [0.2, 0.25) is 0 Å². The summed E-state index contributed by atoms with van der Waals surface area (Å²) >= 11 is 0. The standard InChI is InChI=1S/C18H25N3O5/c1-4-6-9-19(13(3)5-2)17(22)11-20-15-10-14(21(24)25)7-8-16(15)26-12-18(20)23/h7-8,10,13H,4-6,9,11-12H2,1-3H3. The highest BCUT2D eigenvalue weighted by Crippen LogP contribution is 2.35. The third kappa shape index (κ3) is 4.30. The minimum atomic E-state index is -0.536. The predicted octanol–water partition coefficient (Wildman–Crippen LogP) is 2.75. The zero-order valence-corrected chi connectivity index (χ0v) is 15.4. The van der Waals surface area contributed by atoms with Crippen molar-refractivity contribution in [2.75, 3.05) is 24.6 Å². The van der Waals surface area contributed by atoms with Gasteiger partial charge in [0.2, 0.25) is 5.91 Å². The first-order valence-corrected chi connectivity index (χ1v) is 8.90. The van der Waals surface area contributed by atoms with E-state index in [4.69, 9.17) is 4.74 Å². The Labute approximate surface area is 152 Å². The van der Waals surface area contributed by atoms with Crippen molar-refractivity contribution in [2.24, 2.45) is 0 Å². The summed E-state index contributed by atoms with van der Waals surface area (Å²) in [5, 5.41) is 11.0.